The fraction of sp³-hybridized carbons (Fsp3) is 0.625. The topological polar surface area (TPSA) is 41.7 Å². The molecule has 0 saturated heterocycles. The van der Waals surface area contributed by atoms with Crippen molar-refractivity contribution < 1.29 is 4.74 Å². The van der Waals surface area contributed by atoms with Crippen molar-refractivity contribution in [1.82, 2.24) is 9.80 Å². The molecule has 20 heavy (non-hydrogen) atoms. The number of nitrogens with zero attached hydrogens (tertiary/aromatic N) is 2. The third-order valence-electron chi connectivity index (χ3n) is 3.60. The van der Waals surface area contributed by atoms with Gasteiger partial charge in [-0.05, 0) is 51.3 Å². The van der Waals surface area contributed by atoms with Crippen LogP contribution in [0.3, 0.4) is 0 Å². The predicted molar refractivity (Wildman–Crippen MR) is 85.2 cm³/mol. The molecule has 0 amide bonds. The summed E-state index contributed by atoms with van der Waals surface area (Å²) in [5.74, 6) is 0.894. The molecule has 0 radical (unpaired) electrons. The van der Waals surface area contributed by atoms with Crippen molar-refractivity contribution >= 4 is 0 Å². The lowest BCUT2D eigenvalue weighted by molar-refractivity contribution is 0.201. The maximum absolute atomic E-state index is 6.01. The first-order chi connectivity index (χ1) is 9.62. The van der Waals surface area contributed by atoms with Gasteiger partial charge in [0.1, 0.15) is 5.75 Å². The number of ether oxygens (including phenoxy) is 1. The molecule has 1 aromatic carbocycles. The van der Waals surface area contributed by atoms with Crippen LogP contribution in [0.5, 0.6) is 5.75 Å². The number of hydrogen-bond acceptors (Lipinski definition) is 4. The van der Waals surface area contributed by atoms with Crippen LogP contribution in [0.25, 0.3) is 0 Å². The van der Waals surface area contributed by atoms with Crippen LogP contribution in [0, 0.1) is 0 Å². The summed E-state index contributed by atoms with van der Waals surface area (Å²) in [6.07, 6.45) is 1.15. The highest BCUT2D eigenvalue weighted by atomic mass is 16.5. The van der Waals surface area contributed by atoms with Gasteiger partial charge in [0.15, 0.2) is 0 Å². The zero-order chi connectivity index (χ0) is 15.0. The van der Waals surface area contributed by atoms with Gasteiger partial charge in [-0.15, -0.1) is 0 Å². The van der Waals surface area contributed by atoms with Crippen molar-refractivity contribution in [1.29, 1.82) is 0 Å². The quantitative estimate of drug-likeness (QED) is 0.750. The van der Waals surface area contributed by atoms with Crippen LogP contribution >= 0.6 is 0 Å². The van der Waals surface area contributed by atoms with Crippen molar-refractivity contribution in [3.8, 4) is 5.75 Å². The second-order valence-corrected chi connectivity index (χ2v) is 5.31. The highest BCUT2D eigenvalue weighted by Crippen LogP contribution is 2.23. The summed E-state index contributed by atoms with van der Waals surface area (Å²) in [4.78, 5) is 4.66. The van der Waals surface area contributed by atoms with E-state index in [2.05, 4.69) is 43.0 Å². The summed E-state index contributed by atoms with van der Waals surface area (Å²) in [5.41, 5.74) is 7.25. The summed E-state index contributed by atoms with van der Waals surface area (Å²) in [6, 6.07) is 8.49. The number of likely N-dealkylation sites (N-methyl/N-ethyl adjacent to an activating group) is 1. The molecule has 0 aliphatic carbocycles. The molecule has 0 heterocycles. The van der Waals surface area contributed by atoms with E-state index in [0.29, 0.717) is 6.54 Å². The van der Waals surface area contributed by atoms with Crippen molar-refractivity contribution in [2.75, 3.05) is 47.4 Å². The van der Waals surface area contributed by atoms with E-state index in [1.165, 1.54) is 5.56 Å². The van der Waals surface area contributed by atoms with Crippen molar-refractivity contribution in [2.24, 2.45) is 5.73 Å². The molecule has 0 aromatic heterocycles. The summed E-state index contributed by atoms with van der Waals surface area (Å²) in [6.45, 7) is 5.99. The van der Waals surface area contributed by atoms with E-state index in [1.54, 1.807) is 7.11 Å². The SMILES string of the molecule is CCN(CCCN(C)C)C(CN)c1cccc(OC)c1. The lowest BCUT2D eigenvalue weighted by atomic mass is 10.0. The normalized spacial score (nSPS) is 12.9. The van der Waals surface area contributed by atoms with E-state index >= 15 is 0 Å². The van der Waals surface area contributed by atoms with Crippen molar-refractivity contribution in [3.63, 3.8) is 0 Å². The van der Waals surface area contributed by atoms with Crippen LogP contribution in [0.2, 0.25) is 0 Å². The molecule has 0 saturated carbocycles. The van der Waals surface area contributed by atoms with E-state index in [0.717, 1.165) is 31.8 Å². The second-order valence-electron chi connectivity index (χ2n) is 5.31. The molecule has 2 N–H and O–H groups in total. The predicted octanol–water partition coefficient (Wildman–Crippen LogP) is 1.97. The molecule has 4 nitrogen and oxygen atoms in total. The van der Waals surface area contributed by atoms with Crippen LogP contribution in [0.1, 0.15) is 24.9 Å². The number of nitrogens with two attached hydrogens (primary N) is 1. The summed E-state index contributed by atoms with van der Waals surface area (Å²) < 4.78 is 5.31. The van der Waals surface area contributed by atoms with Crippen LogP contribution in [0.15, 0.2) is 24.3 Å². The molecule has 114 valence electrons. The van der Waals surface area contributed by atoms with Gasteiger partial charge in [0.2, 0.25) is 0 Å². The fourth-order valence-corrected chi connectivity index (χ4v) is 2.47. The molecule has 0 fully saturated rings. The molecule has 0 aliphatic heterocycles. The zero-order valence-corrected chi connectivity index (χ0v) is 13.3. The van der Waals surface area contributed by atoms with Gasteiger partial charge < -0.3 is 15.4 Å². The Kier molecular flexibility index (Phi) is 7.59. The largest absolute Gasteiger partial charge is 0.497 e. The van der Waals surface area contributed by atoms with E-state index < -0.39 is 0 Å². The monoisotopic (exact) mass is 279 g/mol. The van der Waals surface area contributed by atoms with E-state index in [-0.39, 0.29) is 6.04 Å². The maximum Gasteiger partial charge on any atom is 0.119 e. The first kappa shape index (κ1) is 17.0. The molecule has 0 aliphatic rings. The molecule has 1 aromatic rings. The van der Waals surface area contributed by atoms with Crippen molar-refractivity contribution in [2.45, 2.75) is 19.4 Å². The number of benzene rings is 1. The average molecular weight is 279 g/mol. The van der Waals surface area contributed by atoms with Gasteiger partial charge in [-0.25, -0.2) is 0 Å². The number of rotatable bonds is 9. The van der Waals surface area contributed by atoms with Gasteiger partial charge in [-0.1, -0.05) is 19.1 Å². The molecular formula is C16H29N3O. The lowest BCUT2D eigenvalue weighted by Gasteiger charge is -2.30. The van der Waals surface area contributed by atoms with Crippen molar-refractivity contribution in [3.05, 3.63) is 29.8 Å². The molecular weight excluding hydrogens is 250 g/mol. The molecule has 1 rings (SSSR count). The Morgan fingerprint density at radius 3 is 2.55 bits per heavy atom. The van der Waals surface area contributed by atoms with E-state index in [9.17, 15) is 0 Å². The van der Waals surface area contributed by atoms with E-state index in [4.69, 9.17) is 10.5 Å². The Labute approximate surface area is 123 Å². The Morgan fingerprint density at radius 2 is 2.00 bits per heavy atom. The van der Waals surface area contributed by atoms with Gasteiger partial charge in [-0.2, -0.15) is 0 Å². The minimum absolute atomic E-state index is 0.261. The third-order valence-corrected chi connectivity index (χ3v) is 3.60. The average Bonchev–Trinajstić information content (AvgIpc) is 2.46. The minimum Gasteiger partial charge on any atom is -0.497 e. The van der Waals surface area contributed by atoms with Crippen LogP contribution in [0.4, 0.5) is 0 Å². The second kappa shape index (κ2) is 8.95. The first-order valence-corrected chi connectivity index (χ1v) is 7.35. The Balaban J connectivity index is 2.74. The van der Waals surface area contributed by atoms with Crippen LogP contribution in [-0.2, 0) is 0 Å². The van der Waals surface area contributed by atoms with Gasteiger partial charge >= 0.3 is 0 Å². The molecule has 0 spiro atoms. The van der Waals surface area contributed by atoms with Crippen LogP contribution in [-0.4, -0.2) is 57.2 Å². The van der Waals surface area contributed by atoms with Gasteiger partial charge in [0.25, 0.3) is 0 Å². The zero-order valence-electron chi connectivity index (χ0n) is 13.3. The van der Waals surface area contributed by atoms with Gasteiger partial charge in [0, 0.05) is 19.1 Å². The standard InChI is InChI=1S/C16H29N3O/c1-5-19(11-7-10-18(2)3)16(13-17)14-8-6-9-15(12-14)20-4/h6,8-9,12,16H,5,7,10-11,13,17H2,1-4H3. The molecule has 0 bridgehead atoms. The first-order valence-electron chi connectivity index (χ1n) is 7.35. The summed E-state index contributed by atoms with van der Waals surface area (Å²) >= 11 is 0. The fourth-order valence-electron chi connectivity index (χ4n) is 2.47. The summed E-state index contributed by atoms with van der Waals surface area (Å²) in [5, 5.41) is 0. The third kappa shape index (κ3) is 5.12. The molecule has 1 unspecified atom stereocenters. The van der Waals surface area contributed by atoms with Gasteiger partial charge in [-0.3, -0.25) is 4.90 Å². The highest BCUT2D eigenvalue weighted by molar-refractivity contribution is 5.30. The lowest BCUT2D eigenvalue weighted by Crippen LogP contribution is -2.35. The number of hydrogen-bond donors (Lipinski definition) is 1. The molecule has 4 heteroatoms. The van der Waals surface area contributed by atoms with Crippen LogP contribution < -0.4 is 10.5 Å². The Morgan fingerprint density at radius 1 is 1.25 bits per heavy atom. The van der Waals surface area contributed by atoms with Gasteiger partial charge in [0.05, 0.1) is 7.11 Å². The maximum atomic E-state index is 6.01. The number of methoxy groups -OCH3 is 1. The highest BCUT2D eigenvalue weighted by Gasteiger charge is 2.17. The summed E-state index contributed by atoms with van der Waals surface area (Å²) in [7, 11) is 5.92. The Hall–Kier alpha value is -1.10. The molecule has 1 atom stereocenters. The van der Waals surface area contributed by atoms with E-state index in [1.807, 2.05) is 12.1 Å². The minimum atomic E-state index is 0.261. The Bertz CT molecular complexity index is 382. The smallest absolute Gasteiger partial charge is 0.119 e.